The molecule has 1 aliphatic heterocycles. The van der Waals surface area contributed by atoms with Crippen LogP contribution in [0.1, 0.15) is 49.7 Å². The number of benzene rings is 1. The first-order valence-electron chi connectivity index (χ1n) is 8.56. The fourth-order valence-corrected chi connectivity index (χ4v) is 4.40. The van der Waals surface area contributed by atoms with Gasteiger partial charge in [-0.05, 0) is 50.4 Å². The van der Waals surface area contributed by atoms with Crippen molar-refractivity contribution >= 4 is 35.6 Å². The Kier molecular flexibility index (Phi) is 6.74. The number of hydrogen-bond donors (Lipinski definition) is 1. The van der Waals surface area contributed by atoms with Crippen LogP contribution in [0, 0.1) is 17.3 Å². The van der Waals surface area contributed by atoms with Gasteiger partial charge in [0.25, 0.3) is 0 Å². The maximum Gasteiger partial charge on any atom is 0.148 e. The number of nitrogens with one attached hydrogen (secondary N) is 1. The Bertz CT molecular complexity index is 753. The van der Waals surface area contributed by atoms with Gasteiger partial charge in [-0.25, -0.2) is 0 Å². The lowest BCUT2D eigenvalue weighted by Gasteiger charge is -2.41. The normalized spacial score (nSPS) is 19.5. The molecule has 3 rings (SSSR count). The van der Waals surface area contributed by atoms with Gasteiger partial charge in [-0.15, -0.1) is 18.3 Å². The number of hydrogen-bond acceptors (Lipinski definition) is 4. The van der Waals surface area contributed by atoms with Crippen LogP contribution in [-0.4, -0.2) is 31.8 Å². The highest BCUT2D eigenvalue weighted by molar-refractivity contribution is 6.32. The fraction of sp³-hybridized carbons (Fsp3) is 0.500. The Morgan fingerprint density at radius 3 is 2.35 bits per heavy atom. The van der Waals surface area contributed by atoms with Crippen molar-refractivity contribution in [2.45, 2.75) is 38.5 Å². The number of piperidine rings is 1. The highest BCUT2D eigenvalue weighted by Crippen LogP contribution is 2.47. The standard InChI is InChI=1S/C20H22ClNO3.ClH/c1-3-4-13-9-14(21)18(17(10-13)25-2)19-15(23)11-20(12-16(19)24)5-7-22-8-6-20;/h9-10,19,22H,5-8,11-12H2,1-2H3;1H. The number of Topliss-reactive ketones (excluding diaryl/α,β-unsaturated/α-hetero) is 2. The molecule has 0 atom stereocenters. The molecule has 1 heterocycles. The van der Waals surface area contributed by atoms with Gasteiger partial charge in [0.15, 0.2) is 0 Å². The minimum absolute atomic E-state index is 0. The van der Waals surface area contributed by atoms with Crippen LogP contribution in [-0.2, 0) is 9.59 Å². The van der Waals surface area contributed by atoms with E-state index in [1.807, 2.05) is 0 Å². The molecule has 0 unspecified atom stereocenters. The van der Waals surface area contributed by atoms with Gasteiger partial charge in [-0.2, -0.15) is 0 Å². The molecule has 26 heavy (non-hydrogen) atoms. The van der Waals surface area contributed by atoms with E-state index in [0.717, 1.165) is 25.9 Å². The molecule has 2 aliphatic rings. The van der Waals surface area contributed by atoms with Crippen molar-refractivity contribution in [2.24, 2.45) is 5.41 Å². The molecule has 1 aromatic rings. The summed E-state index contributed by atoms with van der Waals surface area (Å²) in [4.78, 5) is 25.9. The number of carbonyl (C=O) groups is 2. The molecular formula is C20H23Cl2NO3. The summed E-state index contributed by atoms with van der Waals surface area (Å²) in [5.74, 6) is 5.28. The molecule has 0 radical (unpaired) electrons. The number of ketones is 2. The van der Waals surface area contributed by atoms with Gasteiger partial charge in [-0.3, -0.25) is 9.59 Å². The largest absolute Gasteiger partial charge is 0.496 e. The zero-order chi connectivity index (χ0) is 18.0. The summed E-state index contributed by atoms with van der Waals surface area (Å²) in [6.07, 6.45) is 2.60. The van der Waals surface area contributed by atoms with Gasteiger partial charge in [-0.1, -0.05) is 17.5 Å². The molecule has 140 valence electrons. The minimum atomic E-state index is -0.827. The predicted molar refractivity (Wildman–Crippen MR) is 104 cm³/mol. The molecule has 1 spiro atoms. The van der Waals surface area contributed by atoms with Crippen molar-refractivity contribution in [2.75, 3.05) is 20.2 Å². The van der Waals surface area contributed by atoms with E-state index in [2.05, 4.69) is 17.2 Å². The molecule has 1 aliphatic carbocycles. The van der Waals surface area contributed by atoms with E-state index in [1.54, 1.807) is 19.1 Å². The first kappa shape index (κ1) is 20.8. The predicted octanol–water partition coefficient (Wildman–Crippen LogP) is 3.53. The van der Waals surface area contributed by atoms with E-state index in [0.29, 0.717) is 34.7 Å². The molecular weight excluding hydrogens is 373 g/mol. The van der Waals surface area contributed by atoms with Gasteiger partial charge >= 0.3 is 0 Å². The summed E-state index contributed by atoms with van der Waals surface area (Å²) in [6, 6.07) is 3.44. The Balaban J connectivity index is 0.00000243. The summed E-state index contributed by atoms with van der Waals surface area (Å²) in [5.41, 5.74) is 1.02. The molecule has 4 nitrogen and oxygen atoms in total. The Hall–Kier alpha value is -1.54. The Morgan fingerprint density at radius 1 is 1.19 bits per heavy atom. The van der Waals surface area contributed by atoms with E-state index in [-0.39, 0.29) is 29.4 Å². The first-order chi connectivity index (χ1) is 12.0. The second-order valence-electron chi connectivity index (χ2n) is 6.92. The van der Waals surface area contributed by atoms with Crippen LogP contribution in [0.3, 0.4) is 0 Å². The third-order valence-electron chi connectivity index (χ3n) is 5.28. The zero-order valence-electron chi connectivity index (χ0n) is 15.0. The number of halogens is 2. The van der Waals surface area contributed by atoms with E-state index in [4.69, 9.17) is 16.3 Å². The number of ether oxygens (including phenoxy) is 1. The molecule has 2 fully saturated rings. The van der Waals surface area contributed by atoms with E-state index in [1.165, 1.54) is 7.11 Å². The maximum atomic E-state index is 12.9. The molecule has 0 aromatic heterocycles. The van der Waals surface area contributed by atoms with Crippen molar-refractivity contribution in [3.63, 3.8) is 0 Å². The van der Waals surface area contributed by atoms with E-state index >= 15 is 0 Å². The van der Waals surface area contributed by atoms with Crippen molar-refractivity contribution in [1.29, 1.82) is 0 Å². The molecule has 1 saturated heterocycles. The Labute approximate surface area is 165 Å². The lowest BCUT2D eigenvalue weighted by molar-refractivity contribution is -0.137. The summed E-state index contributed by atoms with van der Waals surface area (Å²) >= 11 is 6.43. The average Bonchev–Trinajstić information content (AvgIpc) is 2.56. The SMILES string of the molecule is CC#Cc1cc(Cl)c(C2C(=O)CC3(CCNCC3)CC2=O)c(OC)c1.Cl. The van der Waals surface area contributed by atoms with Gasteiger partial charge in [0.2, 0.25) is 0 Å². The van der Waals surface area contributed by atoms with Gasteiger partial charge in [0.05, 0.1) is 7.11 Å². The van der Waals surface area contributed by atoms with Crippen LogP contribution in [0.4, 0.5) is 0 Å². The summed E-state index contributed by atoms with van der Waals surface area (Å²) < 4.78 is 5.43. The van der Waals surface area contributed by atoms with E-state index in [9.17, 15) is 9.59 Å². The van der Waals surface area contributed by atoms with Crippen molar-refractivity contribution in [1.82, 2.24) is 5.32 Å². The molecule has 1 N–H and O–H groups in total. The fourth-order valence-electron chi connectivity index (χ4n) is 4.08. The quantitative estimate of drug-likeness (QED) is 0.614. The molecule has 6 heteroatoms. The smallest absolute Gasteiger partial charge is 0.148 e. The van der Waals surface area contributed by atoms with E-state index < -0.39 is 5.92 Å². The number of methoxy groups -OCH3 is 1. The third kappa shape index (κ3) is 3.91. The average molecular weight is 396 g/mol. The lowest BCUT2D eigenvalue weighted by atomic mass is 9.63. The van der Waals surface area contributed by atoms with Crippen LogP contribution in [0.25, 0.3) is 0 Å². The summed E-state index contributed by atoms with van der Waals surface area (Å²) in [5, 5.41) is 3.66. The number of rotatable bonds is 2. The van der Waals surface area contributed by atoms with Gasteiger partial charge in [0.1, 0.15) is 23.2 Å². The molecule has 0 bridgehead atoms. The summed E-state index contributed by atoms with van der Waals surface area (Å²) in [7, 11) is 1.52. The lowest BCUT2D eigenvalue weighted by Crippen LogP contribution is -2.45. The van der Waals surface area contributed by atoms with Crippen LogP contribution >= 0.6 is 24.0 Å². The second kappa shape index (κ2) is 8.43. The first-order valence-corrected chi connectivity index (χ1v) is 8.94. The van der Waals surface area contributed by atoms with Gasteiger partial charge in [0, 0.05) is 29.0 Å². The Morgan fingerprint density at radius 2 is 1.81 bits per heavy atom. The molecule has 1 saturated carbocycles. The highest BCUT2D eigenvalue weighted by atomic mass is 35.5. The topological polar surface area (TPSA) is 55.4 Å². The van der Waals surface area contributed by atoms with Crippen LogP contribution < -0.4 is 10.1 Å². The molecule has 1 aromatic carbocycles. The minimum Gasteiger partial charge on any atom is -0.496 e. The molecule has 0 amide bonds. The maximum absolute atomic E-state index is 12.9. The van der Waals surface area contributed by atoms with Crippen LogP contribution in [0.2, 0.25) is 5.02 Å². The van der Waals surface area contributed by atoms with Crippen molar-refractivity contribution < 1.29 is 14.3 Å². The van der Waals surface area contributed by atoms with Crippen LogP contribution in [0.5, 0.6) is 5.75 Å². The van der Waals surface area contributed by atoms with Gasteiger partial charge < -0.3 is 10.1 Å². The monoisotopic (exact) mass is 395 g/mol. The third-order valence-corrected chi connectivity index (χ3v) is 5.59. The second-order valence-corrected chi connectivity index (χ2v) is 7.33. The summed E-state index contributed by atoms with van der Waals surface area (Å²) in [6.45, 7) is 3.46. The number of carbonyl (C=O) groups excluding carboxylic acids is 2. The zero-order valence-corrected chi connectivity index (χ0v) is 16.6. The highest BCUT2D eigenvalue weighted by Gasteiger charge is 2.47. The van der Waals surface area contributed by atoms with Crippen molar-refractivity contribution in [3.8, 4) is 17.6 Å². The van der Waals surface area contributed by atoms with Crippen molar-refractivity contribution in [3.05, 3.63) is 28.3 Å². The van der Waals surface area contributed by atoms with Crippen LogP contribution in [0.15, 0.2) is 12.1 Å².